The van der Waals surface area contributed by atoms with E-state index in [1.54, 1.807) is 25.3 Å². The van der Waals surface area contributed by atoms with Crippen LogP contribution in [0.5, 0.6) is 5.75 Å². The second kappa shape index (κ2) is 4.44. The minimum Gasteiger partial charge on any atom is -0.497 e. The number of halogens is 1. The number of ketones is 1. The maximum atomic E-state index is 11.0. The molecule has 1 rings (SSSR count). The van der Waals surface area contributed by atoms with E-state index in [1.807, 2.05) is 0 Å². The van der Waals surface area contributed by atoms with Crippen LogP contribution >= 0.6 is 11.6 Å². The molecule has 3 nitrogen and oxygen atoms in total. The van der Waals surface area contributed by atoms with Crippen molar-refractivity contribution >= 4 is 17.4 Å². The standard InChI is InChI=1S/C10H12ClNO2/c1-6(13)10(12)8-4-3-7(14-2)5-9(8)11/h3-5,10H,12H2,1-2H3. The van der Waals surface area contributed by atoms with Crippen LogP contribution in [0.2, 0.25) is 5.02 Å². The first-order valence-electron chi connectivity index (χ1n) is 4.15. The first kappa shape index (κ1) is 11.0. The van der Waals surface area contributed by atoms with Crippen LogP contribution in [-0.2, 0) is 4.79 Å². The third-order valence-corrected chi connectivity index (χ3v) is 2.31. The fourth-order valence-corrected chi connectivity index (χ4v) is 1.39. The van der Waals surface area contributed by atoms with Gasteiger partial charge in [-0.05, 0) is 24.6 Å². The molecule has 0 aliphatic rings. The van der Waals surface area contributed by atoms with Crippen molar-refractivity contribution in [3.05, 3.63) is 28.8 Å². The Bertz CT molecular complexity index is 352. The Labute approximate surface area is 87.8 Å². The van der Waals surface area contributed by atoms with E-state index >= 15 is 0 Å². The van der Waals surface area contributed by atoms with Gasteiger partial charge in [0, 0.05) is 5.02 Å². The number of methoxy groups -OCH3 is 1. The van der Waals surface area contributed by atoms with Gasteiger partial charge in [-0.3, -0.25) is 4.79 Å². The van der Waals surface area contributed by atoms with Gasteiger partial charge in [0.05, 0.1) is 13.2 Å². The van der Waals surface area contributed by atoms with Crippen molar-refractivity contribution in [3.8, 4) is 5.75 Å². The van der Waals surface area contributed by atoms with Gasteiger partial charge in [0.25, 0.3) is 0 Å². The molecule has 2 N–H and O–H groups in total. The molecule has 0 fully saturated rings. The fourth-order valence-electron chi connectivity index (χ4n) is 1.11. The molecule has 76 valence electrons. The quantitative estimate of drug-likeness (QED) is 0.835. The molecular formula is C10H12ClNO2. The largest absolute Gasteiger partial charge is 0.497 e. The third-order valence-electron chi connectivity index (χ3n) is 1.98. The molecule has 0 radical (unpaired) electrons. The van der Waals surface area contributed by atoms with Crippen LogP contribution < -0.4 is 10.5 Å². The van der Waals surface area contributed by atoms with Crippen LogP contribution in [-0.4, -0.2) is 12.9 Å². The predicted octanol–water partition coefficient (Wildman–Crippen LogP) is 1.94. The number of carbonyl (C=O) groups is 1. The molecule has 0 saturated carbocycles. The average Bonchev–Trinajstić information content (AvgIpc) is 2.16. The summed E-state index contributed by atoms with van der Waals surface area (Å²) in [7, 11) is 1.55. The first-order chi connectivity index (χ1) is 6.56. The van der Waals surface area contributed by atoms with Gasteiger partial charge in [-0.2, -0.15) is 0 Å². The van der Waals surface area contributed by atoms with E-state index < -0.39 is 6.04 Å². The molecule has 1 atom stereocenters. The van der Waals surface area contributed by atoms with E-state index in [0.717, 1.165) is 0 Å². The van der Waals surface area contributed by atoms with Crippen molar-refractivity contribution in [2.45, 2.75) is 13.0 Å². The van der Waals surface area contributed by atoms with Crippen molar-refractivity contribution in [1.82, 2.24) is 0 Å². The molecule has 4 heteroatoms. The molecule has 0 bridgehead atoms. The minimum absolute atomic E-state index is 0.114. The Balaban J connectivity index is 3.05. The van der Waals surface area contributed by atoms with Gasteiger partial charge in [0.1, 0.15) is 5.75 Å². The van der Waals surface area contributed by atoms with Gasteiger partial charge in [-0.1, -0.05) is 17.7 Å². The molecule has 0 aromatic heterocycles. The molecule has 0 heterocycles. The molecule has 1 unspecified atom stereocenters. The van der Waals surface area contributed by atoms with Crippen molar-refractivity contribution in [1.29, 1.82) is 0 Å². The summed E-state index contributed by atoms with van der Waals surface area (Å²) in [6.07, 6.45) is 0. The first-order valence-corrected chi connectivity index (χ1v) is 4.53. The number of hydrogen-bond acceptors (Lipinski definition) is 3. The second-order valence-corrected chi connectivity index (χ2v) is 3.38. The summed E-state index contributed by atoms with van der Waals surface area (Å²) in [6.45, 7) is 1.44. The van der Waals surface area contributed by atoms with Gasteiger partial charge in [0.15, 0.2) is 5.78 Å². The fraction of sp³-hybridized carbons (Fsp3) is 0.300. The zero-order chi connectivity index (χ0) is 10.7. The van der Waals surface area contributed by atoms with Gasteiger partial charge in [-0.15, -0.1) is 0 Å². The molecule has 1 aromatic carbocycles. The number of ether oxygens (including phenoxy) is 1. The smallest absolute Gasteiger partial charge is 0.151 e. The maximum absolute atomic E-state index is 11.0. The molecule has 0 aliphatic heterocycles. The highest BCUT2D eigenvalue weighted by Crippen LogP contribution is 2.26. The lowest BCUT2D eigenvalue weighted by Crippen LogP contribution is -2.18. The zero-order valence-corrected chi connectivity index (χ0v) is 8.84. The third kappa shape index (κ3) is 2.25. The lowest BCUT2D eigenvalue weighted by atomic mass is 10.0. The van der Waals surface area contributed by atoms with Gasteiger partial charge >= 0.3 is 0 Å². The summed E-state index contributed by atoms with van der Waals surface area (Å²) in [5.74, 6) is 0.534. The predicted molar refractivity (Wildman–Crippen MR) is 55.6 cm³/mol. The lowest BCUT2D eigenvalue weighted by molar-refractivity contribution is -0.118. The molecule has 0 spiro atoms. The highest BCUT2D eigenvalue weighted by molar-refractivity contribution is 6.31. The summed E-state index contributed by atoms with van der Waals surface area (Å²) >= 11 is 5.93. The Morgan fingerprint density at radius 1 is 1.57 bits per heavy atom. The molecule has 0 amide bonds. The van der Waals surface area contributed by atoms with Crippen LogP contribution in [0.1, 0.15) is 18.5 Å². The van der Waals surface area contributed by atoms with Crippen LogP contribution in [0.25, 0.3) is 0 Å². The van der Waals surface area contributed by atoms with Crippen molar-refractivity contribution < 1.29 is 9.53 Å². The topological polar surface area (TPSA) is 52.3 Å². The van der Waals surface area contributed by atoms with E-state index in [-0.39, 0.29) is 5.78 Å². The number of rotatable bonds is 3. The van der Waals surface area contributed by atoms with E-state index in [2.05, 4.69) is 0 Å². The maximum Gasteiger partial charge on any atom is 0.151 e. The Hall–Kier alpha value is -1.06. The zero-order valence-electron chi connectivity index (χ0n) is 8.08. The molecular weight excluding hydrogens is 202 g/mol. The highest BCUT2D eigenvalue weighted by Gasteiger charge is 2.14. The van der Waals surface area contributed by atoms with E-state index in [9.17, 15) is 4.79 Å². The van der Waals surface area contributed by atoms with Gasteiger partial charge in [0.2, 0.25) is 0 Å². The summed E-state index contributed by atoms with van der Waals surface area (Å²) in [5.41, 5.74) is 6.28. The number of benzene rings is 1. The minimum atomic E-state index is -0.659. The molecule has 1 aromatic rings. The summed E-state index contributed by atoms with van der Waals surface area (Å²) in [6, 6.07) is 4.41. The van der Waals surface area contributed by atoms with E-state index in [1.165, 1.54) is 6.92 Å². The van der Waals surface area contributed by atoms with Crippen LogP contribution in [0.4, 0.5) is 0 Å². The van der Waals surface area contributed by atoms with E-state index in [0.29, 0.717) is 16.3 Å². The van der Waals surface area contributed by atoms with Crippen LogP contribution in [0, 0.1) is 0 Å². The highest BCUT2D eigenvalue weighted by atomic mass is 35.5. The Morgan fingerprint density at radius 2 is 2.21 bits per heavy atom. The summed E-state index contributed by atoms with van der Waals surface area (Å²) < 4.78 is 4.98. The second-order valence-electron chi connectivity index (χ2n) is 2.98. The van der Waals surface area contributed by atoms with Crippen molar-refractivity contribution in [2.75, 3.05) is 7.11 Å². The molecule has 0 aliphatic carbocycles. The van der Waals surface area contributed by atoms with Gasteiger partial charge in [-0.25, -0.2) is 0 Å². The number of nitrogens with two attached hydrogens (primary N) is 1. The van der Waals surface area contributed by atoms with Crippen LogP contribution in [0.15, 0.2) is 18.2 Å². The van der Waals surface area contributed by atoms with Crippen molar-refractivity contribution in [2.24, 2.45) is 5.73 Å². The van der Waals surface area contributed by atoms with Gasteiger partial charge < -0.3 is 10.5 Å². The summed E-state index contributed by atoms with van der Waals surface area (Å²) in [4.78, 5) is 11.0. The lowest BCUT2D eigenvalue weighted by Gasteiger charge is -2.11. The number of Topliss-reactive ketones (excluding diaryl/α,β-unsaturated/α-hetero) is 1. The normalized spacial score (nSPS) is 12.3. The summed E-state index contributed by atoms with van der Waals surface area (Å²) in [5, 5.41) is 0.451. The SMILES string of the molecule is COc1ccc(C(N)C(C)=O)c(Cl)c1. The number of hydrogen-bond donors (Lipinski definition) is 1. The number of carbonyl (C=O) groups excluding carboxylic acids is 1. The monoisotopic (exact) mass is 213 g/mol. The molecule has 14 heavy (non-hydrogen) atoms. The van der Waals surface area contributed by atoms with Crippen molar-refractivity contribution in [3.63, 3.8) is 0 Å². The van der Waals surface area contributed by atoms with Crippen LogP contribution in [0.3, 0.4) is 0 Å². The Kier molecular flexibility index (Phi) is 3.49. The molecule has 0 saturated heterocycles. The Morgan fingerprint density at radius 3 is 2.64 bits per heavy atom. The average molecular weight is 214 g/mol. The van der Waals surface area contributed by atoms with E-state index in [4.69, 9.17) is 22.1 Å².